The summed E-state index contributed by atoms with van der Waals surface area (Å²) in [5.74, 6) is 3.43. The molecule has 1 amide bonds. The lowest BCUT2D eigenvalue weighted by molar-refractivity contribution is -0.124. The number of ether oxygens (including phenoxy) is 1. The van der Waals surface area contributed by atoms with E-state index in [0.29, 0.717) is 18.2 Å². The molecule has 4 fully saturated rings. The summed E-state index contributed by atoms with van der Waals surface area (Å²) in [6, 6.07) is 9.73. The summed E-state index contributed by atoms with van der Waals surface area (Å²) in [7, 11) is 0. The topological polar surface area (TPSA) is 64.1 Å². The molecule has 0 unspecified atom stereocenters. The third-order valence-electron chi connectivity index (χ3n) is 7.01. The molecule has 4 aliphatic carbocycles. The van der Waals surface area contributed by atoms with Crippen molar-refractivity contribution >= 4 is 11.6 Å². The highest BCUT2D eigenvalue weighted by Crippen LogP contribution is 2.61. The van der Waals surface area contributed by atoms with Crippen LogP contribution in [0.4, 0.5) is 5.69 Å². The fraction of sp³-hybridized carbons (Fsp3) is 0.542. The summed E-state index contributed by atoms with van der Waals surface area (Å²) >= 11 is 0. The van der Waals surface area contributed by atoms with Gasteiger partial charge >= 0.3 is 6.01 Å². The zero-order valence-electron chi connectivity index (χ0n) is 17.3. The van der Waals surface area contributed by atoms with Gasteiger partial charge < -0.3 is 10.1 Å². The molecule has 152 valence electrons. The van der Waals surface area contributed by atoms with E-state index in [1.165, 1.54) is 38.5 Å². The van der Waals surface area contributed by atoms with Crippen LogP contribution in [0.3, 0.4) is 0 Å². The van der Waals surface area contributed by atoms with Crippen molar-refractivity contribution < 1.29 is 9.53 Å². The molecule has 0 aliphatic heterocycles. The number of carbonyl (C=O) groups is 1. The van der Waals surface area contributed by atoms with E-state index >= 15 is 0 Å². The molecule has 0 saturated heterocycles. The van der Waals surface area contributed by atoms with Crippen molar-refractivity contribution in [2.24, 2.45) is 23.2 Å². The van der Waals surface area contributed by atoms with Gasteiger partial charge in [0, 0.05) is 23.5 Å². The average molecular weight is 392 g/mol. The van der Waals surface area contributed by atoms with E-state index in [1.807, 2.05) is 44.2 Å². The molecule has 29 heavy (non-hydrogen) atoms. The number of aromatic nitrogens is 2. The molecule has 6 rings (SSSR count). The lowest BCUT2D eigenvalue weighted by Crippen LogP contribution is -2.47. The van der Waals surface area contributed by atoms with Crippen LogP contribution in [-0.2, 0) is 4.79 Å². The number of hydrogen-bond donors (Lipinski definition) is 1. The number of hydrogen-bond acceptors (Lipinski definition) is 4. The van der Waals surface area contributed by atoms with Gasteiger partial charge in [-0.15, -0.1) is 0 Å². The van der Waals surface area contributed by atoms with Gasteiger partial charge in [-0.05, 0) is 106 Å². The second-order valence-electron chi connectivity index (χ2n) is 9.70. The van der Waals surface area contributed by atoms with E-state index in [-0.39, 0.29) is 11.3 Å². The van der Waals surface area contributed by atoms with Crippen LogP contribution in [-0.4, -0.2) is 15.9 Å². The first-order chi connectivity index (χ1) is 13.9. The summed E-state index contributed by atoms with van der Waals surface area (Å²) in [4.78, 5) is 21.4. The minimum atomic E-state index is 0.151. The quantitative estimate of drug-likeness (QED) is 0.738. The normalized spacial score (nSPS) is 29.7. The number of aryl methyl sites for hydroxylation is 2. The van der Waals surface area contributed by atoms with Crippen LogP contribution in [0.25, 0.3) is 0 Å². The Morgan fingerprint density at radius 2 is 1.55 bits per heavy atom. The van der Waals surface area contributed by atoms with Gasteiger partial charge in [-0.2, -0.15) is 0 Å². The molecule has 1 heterocycles. The Balaban J connectivity index is 1.20. The highest BCUT2D eigenvalue weighted by molar-refractivity contribution is 5.91. The number of carbonyl (C=O) groups excluding carboxylic acids is 1. The summed E-state index contributed by atoms with van der Waals surface area (Å²) in [5.41, 5.74) is 2.83. The second kappa shape index (κ2) is 7.12. The van der Waals surface area contributed by atoms with Gasteiger partial charge in [-0.3, -0.25) is 4.79 Å². The van der Waals surface area contributed by atoms with Crippen LogP contribution >= 0.6 is 0 Å². The molecule has 0 radical (unpaired) electrons. The van der Waals surface area contributed by atoms with Crippen molar-refractivity contribution in [3.05, 3.63) is 41.7 Å². The zero-order chi connectivity index (χ0) is 20.0. The molecule has 1 aromatic carbocycles. The first kappa shape index (κ1) is 18.6. The molecular formula is C24H29N3O2. The van der Waals surface area contributed by atoms with Crippen LogP contribution < -0.4 is 10.1 Å². The third-order valence-corrected chi connectivity index (χ3v) is 7.01. The van der Waals surface area contributed by atoms with Crippen LogP contribution in [0.2, 0.25) is 0 Å². The molecule has 4 aliphatic rings. The van der Waals surface area contributed by atoms with Crippen molar-refractivity contribution in [2.75, 3.05) is 5.32 Å². The molecule has 0 spiro atoms. The third kappa shape index (κ3) is 4.00. The van der Waals surface area contributed by atoms with Crippen molar-refractivity contribution in [1.82, 2.24) is 9.97 Å². The van der Waals surface area contributed by atoms with Crippen molar-refractivity contribution in [2.45, 2.75) is 58.8 Å². The summed E-state index contributed by atoms with van der Waals surface area (Å²) in [6.45, 7) is 3.84. The molecule has 1 aromatic heterocycles. The molecule has 2 aromatic rings. The fourth-order valence-electron chi connectivity index (χ4n) is 6.50. The zero-order valence-corrected chi connectivity index (χ0v) is 17.3. The Bertz CT molecular complexity index is 867. The molecule has 0 atom stereocenters. The minimum Gasteiger partial charge on any atom is -0.424 e. The molecule has 4 saturated carbocycles. The maximum absolute atomic E-state index is 12.8. The first-order valence-corrected chi connectivity index (χ1v) is 10.8. The smallest absolute Gasteiger partial charge is 0.322 e. The maximum Gasteiger partial charge on any atom is 0.322 e. The average Bonchev–Trinajstić information content (AvgIpc) is 2.61. The minimum absolute atomic E-state index is 0.151. The first-order valence-electron chi connectivity index (χ1n) is 10.8. The Labute approximate surface area is 172 Å². The van der Waals surface area contributed by atoms with Crippen LogP contribution in [0.5, 0.6) is 11.8 Å². The van der Waals surface area contributed by atoms with E-state index in [4.69, 9.17) is 4.74 Å². The van der Waals surface area contributed by atoms with Gasteiger partial charge in [-0.25, -0.2) is 9.97 Å². The number of nitrogens with one attached hydrogen (secondary N) is 1. The van der Waals surface area contributed by atoms with Gasteiger partial charge in [-0.1, -0.05) is 0 Å². The van der Waals surface area contributed by atoms with Gasteiger partial charge in [0.15, 0.2) is 0 Å². The van der Waals surface area contributed by atoms with E-state index in [0.717, 1.165) is 34.8 Å². The van der Waals surface area contributed by atoms with Crippen LogP contribution in [0, 0.1) is 37.0 Å². The second-order valence-corrected chi connectivity index (χ2v) is 9.70. The number of amides is 1. The number of anilines is 1. The lowest BCUT2D eigenvalue weighted by atomic mass is 9.49. The number of benzene rings is 1. The van der Waals surface area contributed by atoms with Crippen molar-refractivity contribution in [3.63, 3.8) is 0 Å². The van der Waals surface area contributed by atoms with Crippen LogP contribution in [0.1, 0.15) is 56.3 Å². The highest BCUT2D eigenvalue weighted by atomic mass is 16.5. The lowest BCUT2D eigenvalue weighted by Gasteiger charge is -2.56. The maximum atomic E-state index is 12.8. The van der Waals surface area contributed by atoms with Crippen molar-refractivity contribution in [1.29, 1.82) is 0 Å². The predicted octanol–water partition coefficient (Wildman–Crippen LogP) is 5.43. The Morgan fingerprint density at radius 3 is 2.10 bits per heavy atom. The Kier molecular flexibility index (Phi) is 4.56. The van der Waals surface area contributed by atoms with Gasteiger partial charge in [0.1, 0.15) is 5.75 Å². The van der Waals surface area contributed by atoms with Gasteiger partial charge in [0.2, 0.25) is 5.91 Å². The Hall–Kier alpha value is -2.43. The molecular weight excluding hydrogens is 362 g/mol. The Morgan fingerprint density at radius 1 is 1.00 bits per heavy atom. The van der Waals surface area contributed by atoms with Crippen LogP contribution in [0.15, 0.2) is 30.3 Å². The molecule has 1 N–H and O–H groups in total. The summed E-state index contributed by atoms with van der Waals surface area (Å²) in [5, 5.41) is 3.10. The molecule has 4 bridgehead atoms. The molecule has 5 heteroatoms. The number of nitrogens with zero attached hydrogens (tertiary/aromatic N) is 2. The standard InChI is InChI=1S/C24H29N3O2/c1-15-7-16(2)26-23(25-15)29-21-5-3-20(4-6-21)27-22(28)14-24-11-17-8-18(12-24)10-19(9-17)13-24/h3-7,17-19H,8-14H2,1-2H3,(H,27,28). The van der Waals surface area contributed by atoms with Gasteiger partial charge in [0.25, 0.3) is 0 Å². The fourth-order valence-corrected chi connectivity index (χ4v) is 6.50. The number of rotatable bonds is 5. The van der Waals surface area contributed by atoms with E-state index in [1.54, 1.807) is 0 Å². The van der Waals surface area contributed by atoms with E-state index in [9.17, 15) is 4.79 Å². The van der Waals surface area contributed by atoms with E-state index < -0.39 is 0 Å². The van der Waals surface area contributed by atoms with Crippen molar-refractivity contribution in [3.8, 4) is 11.8 Å². The monoisotopic (exact) mass is 391 g/mol. The molecule has 5 nitrogen and oxygen atoms in total. The predicted molar refractivity (Wildman–Crippen MR) is 112 cm³/mol. The van der Waals surface area contributed by atoms with E-state index in [2.05, 4.69) is 15.3 Å². The summed E-state index contributed by atoms with van der Waals surface area (Å²) in [6.07, 6.45) is 8.68. The largest absolute Gasteiger partial charge is 0.424 e. The summed E-state index contributed by atoms with van der Waals surface area (Å²) < 4.78 is 5.76. The van der Waals surface area contributed by atoms with Gasteiger partial charge in [0.05, 0.1) is 0 Å². The highest BCUT2D eigenvalue weighted by Gasteiger charge is 2.51. The SMILES string of the molecule is Cc1cc(C)nc(Oc2ccc(NC(=O)CC34CC5CC(CC(C5)C3)C4)cc2)n1.